The van der Waals surface area contributed by atoms with Crippen LogP contribution >= 0.6 is 0 Å². The van der Waals surface area contributed by atoms with Crippen molar-refractivity contribution in [1.82, 2.24) is 0 Å². The molecule has 0 bridgehead atoms. The van der Waals surface area contributed by atoms with Crippen LogP contribution in [0.3, 0.4) is 0 Å². The van der Waals surface area contributed by atoms with Gasteiger partial charge in [-0.05, 0) is 24.6 Å². The summed E-state index contributed by atoms with van der Waals surface area (Å²) in [5.74, 6) is 0.915. The molecule has 1 aliphatic heterocycles. The molecule has 1 saturated heterocycles. The van der Waals surface area contributed by atoms with Gasteiger partial charge in [-0.1, -0.05) is 31.2 Å². The highest BCUT2D eigenvalue weighted by molar-refractivity contribution is 5.61. The van der Waals surface area contributed by atoms with Crippen molar-refractivity contribution in [3.8, 4) is 5.75 Å². The Morgan fingerprint density at radius 3 is 2.44 bits per heavy atom. The maximum atomic E-state index is 5.74. The van der Waals surface area contributed by atoms with E-state index >= 15 is 0 Å². The predicted molar refractivity (Wildman–Crippen MR) is 65.6 cm³/mol. The van der Waals surface area contributed by atoms with Crippen LogP contribution in [0.15, 0.2) is 30.8 Å². The molecular formula is C14H18O2. The van der Waals surface area contributed by atoms with E-state index in [1.54, 1.807) is 0 Å². The standard InChI is InChI=1S/C14H18O2/c1-11(2)12-4-6-13(7-5-12)16-10-14(3)8-15-9-14/h4-7H,1,8-10H2,2-3H3. The maximum absolute atomic E-state index is 5.74. The molecule has 0 spiro atoms. The normalized spacial score (nSPS) is 17.6. The molecule has 2 heteroatoms. The van der Waals surface area contributed by atoms with Gasteiger partial charge < -0.3 is 9.47 Å². The molecule has 86 valence electrons. The first-order chi connectivity index (χ1) is 7.59. The van der Waals surface area contributed by atoms with E-state index in [9.17, 15) is 0 Å². The minimum absolute atomic E-state index is 0.201. The monoisotopic (exact) mass is 218 g/mol. The number of hydrogen-bond donors (Lipinski definition) is 0. The second-order valence-corrected chi connectivity index (χ2v) is 4.90. The molecule has 1 aromatic rings. The zero-order valence-electron chi connectivity index (χ0n) is 9.95. The largest absolute Gasteiger partial charge is 0.493 e. The lowest BCUT2D eigenvalue weighted by molar-refractivity contribution is -0.120. The third-order valence-corrected chi connectivity index (χ3v) is 2.84. The van der Waals surface area contributed by atoms with Gasteiger partial charge in [-0.25, -0.2) is 0 Å². The Morgan fingerprint density at radius 1 is 1.38 bits per heavy atom. The quantitative estimate of drug-likeness (QED) is 0.773. The lowest BCUT2D eigenvalue weighted by atomic mass is 9.90. The predicted octanol–water partition coefficient (Wildman–Crippen LogP) is 3.14. The molecule has 1 aromatic carbocycles. The van der Waals surface area contributed by atoms with E-state index in [0.29, 0.717) is 0 Å². The highest BCUT2D eigenvalue weighted by Crippen LogP contribution is 2.27. The van der Waals surface area contributed by atoms with Crippen molar-refractivity contribution in [1.29, 1.82) is 0 Å². The molecule has 0 radical (unpaired) electrons. The fourth-order valence-corrected chi connectivity index (χ4v) is 1.63. The molecule has 2 rings (SSSR count). The molecule has 1 heterocycles. The Morgan fingerprint density at radius 2 is 2.00 bits per heavy atom. The Bertz CT molecular complexity index is 374. The van der Waals surface area contributed by atoms with Crippen molar-refractivity contribution >= 4 is 5.57 Å². The number of rotatable bonds is 4. The first kappa shape index (κ1) is 11.2. The molecule has 16 heavy (non-hydrogen) atoms. The maximum Gasteiger partial charge on any atom is 0.119 e. The molecule has 2 nitrogen and oxygen atoms in total. The van der Waals surface area contributed by atoms with Crippen LogP contribution in [0.4, 0.5) is 0 Å². The van der Waals surface area contributed by atoms with Crippen molar-refractivity contribution < 1.29 is 9.47 Å². The second-order valence-electron chi connectivity index (χ2n) is 4.90. The molecule has 1 aliphatic rings. The van der Waals surface area contributed by atoms with E-state index in [4.69, 9.17) is 9.47 Å². The lowest BCUT2D eigenvalue weighted by Gasteiger charge is -2.37. The van der Waals surface area contributed by atoms with Crippen LogP contribution in [0.25, 0.3) is 5.57 Å². The summed E-state index contributed by atoms with van der Waals surface area (Å²) in [5, 5.41) is 0. The van der Waals surface area contributed by atoms with Gasteiger partial charge in [-0.2, -0.15) is 0 Å². The molecule has 0 N–H and O–H groups in total. The average Bonchev–Trinajstić information content (AvgIpc) is 2.24. The van der Waals surface area contributed by atoms with Gasteiger partial charge in [-0.3, -0.25) is 0 Å². The van der Waals surface area contributed by atoms with Crippen LogP contribution in [0.1, 0.15) is 19.4 Å². The SMILES string of the molecule is C=C(C)c1ccc(OCC2(C)COC2)cc1. The first-order valence-corrected chi connectivity index (χ1v) is 5.56. The minimum Gasteiger partial charge on any atom is -0.493 e. The number of benzene rings is 1. The number of ether oxygens (including phenoxy) is 2. The number of hydrogen-bond acceptors (Lipinski definition) is 2. The van der Waals surface area contributed by atoms with Crippen molar-refractivity contribution in [2.45, 2.75) is 13.8 Å². The molecule has 0 amide bonds. The molecular weight excluding hydrogens is 200 g/mol. The van der Waals surface area contributed by atoms with Gasteiger partial charge >= 0.3 is 0 Å². The zero-order valence-corrected chi connectivity index (χ0v) is 9.95. The van der Waals surface area contributed by atoms with Gasteiger partial charge in [0, 0.05) is 5.41 Å². The summed E-state index contributed by atoms with van der Waals surface area (Å²) in [5.41, 5.74) is 2.43. The Balaban J connectivity index is 1.92. The summed E-state index contributed by atoms with van der Waals surface area (Å²) in [7, 11) is 0. The highest BCUT2D eigenvalue weighted by atomic mass is 16.5. The van der Waals surface area contributed by atoms with Gasteiger partial charge in [-0.15, -0.1) is 0 Å². The average molecular weight is 218 g/mol. The van der Waals surface area contributed by atoms with Crippen molar-refractivity contribution in [2.24, 2.45) is 5.41 Å². The molecule has 0 unspecified atom stereocenters. The first-order valence-electron chi connectivity index (χ1n) is 5.56. The molecule has 0 aromatic heterocycles. The third-order valence-electron chi connectivity index (χ3n) is 2.84. The van der Waals surface area contributed by atoms with E-state index in [1.165, 1.54) is 0 Å². The van der Waals surface area contributed by atoms with E-state index in [-0.39, 0.29) is 5.41 Å². The second kappa shape index (κ2) is 4.30. The van der Waals surface area contributed by atoms with Crippen LogP contribution < -0.4 is 4.74 Å². The summed E-state index contributed by atoms with van der Waals surface area (Å²) in [6.07, 6.45) is 0. The van der Waals surface area contributed by atoms with Gasteiger partial charge in [0.25, 0.3) is 0 Å². The van der Waals surface area contributed by atoms with E-state index < -0.39 is 0 Å². The van der Waals surface area contributed by atoms with Crippen molar-refractivity contribution in [3.63, 3.8) is 0 Å². The van der Waals surface area contributed by atoms with Gasteiger partial charge in [0.2, 0.25) is 0 Å². The molecule has 0 atom stereocenters. The van der Waals surface area contributed by atoms with Crippen molar-refractivity contribution in [3.05, 3.63) is 36.4 Å². The molecule has 1 fully saturated rings. The van der Waals surface area contributed by atoms with E-state index in [2.05, 4.69) is 13.5 Å². The Hall–Kier alpha value is -1.28. The number of allylic oxidation sites excluding steroid dienone is 1. The van der Waals surface area contributed by atoms with Crippen LogP contribution in [0.5, 0.6) is 5.75 Å². The van der Waals surface area contributed by atoms with Crippen LogP contribution in [-0.4, -0.2) is 19.8 Å². The molecule has 0 aliphatic carbocycles. The smallest absolute Gasteiger partial charge is 0.119 e. The van der Waals surface area contributed by atoms with Crippen LogP contribution in [0, 0.1) is 5.41 Å². The van der Waals surface area contributed by atoms with Crippen LogP contribution in [-0.2, 0) is 4.74 Å². The zero-order chi connectivity index (χ0) is 11.6. The summed E-state index contributed by atoms with van der Waals surface area (Å²) in [4.78, 5) is 0. The summed E-state index contributed by atoms with van der Waals surface area (Å²) in [6.45, 7) is 10.4. The Kier molecular flexibility index (Phi) is 3.01. The fourth-order valence-electron chi connectivity index (χ4n) is 1.63. The van der Waals surface area contributed by atoms with E-state index in [1.807, 2.05) is 31.2 Å². The summed E-state index contributed by atoms with van der Waals surface area (Å²) < 4.78 is 10.9. The minimum atomic E-state index is 0.201. The third kappa shape index (κ3) is 2.45. The van der Waals surface area contributed by atoms with Crippen LogP contribution in [0.2, 0.25) is 0 Å². The summed E-state index contributed by atoms with van der Waals surface area (Å²) >= 11 is 0. The van der Waals surface area contributed by atoms with E-state index in [0.717, 1.165) is 36.7 Å². The molecule has 0 saturated carbocycles. The topological polar surface area (TPSA) is 18.5 Å². The van der Waals surface area contributed by atoms with Crippen molar-refractivity contribution in [2.75, 3.05) is 19.8 Å². The highest BCUT2D eigenvalue weighted by Gasteiger charge is 2.34. The lowest BCUT2D eigenvalue weighted by Crippen LogP contribution is -2.44. The van der Waals surface area contributed by atoms with Gasteiger partial charge in [0.15, 0.2) is 0 Å². The fraction of sp³-hybridized carbons (Fsp3) is 0.429. The van der Waals surface area contributed by atoms with Gasteiger partial charge in [0.1, 0.15) is 5.75 Å². The Labute approximate surface area is 96.9 Å². The van der Waals surface area contributed by atoms with Gasteiger partial charge in [0.05, 0.1) is 19.8 Å². The summed E-state index contributed by atoms with van der Waals surface area (Å²) in [6, 6.07) is 8.06.